The molecule has 0 aliphatic heterocycles. The fourth-order valence-electron chi connectivity index (χ4n) is 2.09. The summed E-state index contributed by atoms with van der Waals surface area (Å²) in [5.74, 6) is 0.783. The van der Waals surface area contributed by atoms with Gasteiger partial charge in [-0.15, -0.1) is 10.2 Å². The number of nitriles is 1. The lowest BCUT2D eigenvalue weighted by atomic mass is 10.1. The van der Waals surface area contributed by atoms with Gasteiger partial charge < -0.3 is 4.57 Å². The molecule has 0 saturated heterocycles. The molecule has 0 bridgehead atoms. The second kappa shape index (κ2) is 6.41. The highest BCUT2D eigenvalue weighted by Gasteiger charge is 2.13. The van der Waals surface area contributed by atoms with Crippen molar-refractivity contribution in [2.24, 2.45) is 7.05 Å². The molecule has 0 fully saturated rings. The smallest absolute Gasteiger partial charge is 0.197 e. The molecule has 0 unspecified atom stereocenters. The first-order valence-corrected chi connectivity index (χ1v) is 7.99. The van der Waals surface area contributed by atoms with Gasteiger partial charge in [-0.1, -0.05) is 35.4 Å². The van der Waals surface area contributed by atoms with Crippen LogP contribution in [0.3, 0.4) is 0 Å². The second-order valence-electron chi connectivity index (χ2n) is 4.93. The van der Waals surface area contributed by atoms with Crippen LogP contribution in [-0.4, -0.2) is 19.7 Å². The average molecular weight is 342 g/mol. The standard InChI is InChI=1S/C16H12ClN5S/c1-10-4-3-5-11(8-10)15-20-21-16(22(15)2)23-14-7-6-12(17)13(9-18)19-14/h3-8H,1-2H3. The molecule has 2 heterocycles. The molecule has 23 heavy (non-hydrogen) atoms. The van der Waals surface area contributed by atoms with Gasteiger partial charge in [-0.3, -0.25) is 0 Å². The van der Waals surface area contributed by atoms with E-state index >= 15 is 0 Å². The van der Waals surface area contributed by atoms with E-state index in [-0.39, 0.29) is 5.69 Å². The summed E-state index contributed by atoms with van der Waals surface area (Å²) in [7, 11) is 1.90. The summed E-state index contributed by atoms with van der Waals surface area (Å²) in [6.07, 6.45) is 0. The number of aryl methyl sites for hydroxylation is 1. The summed E-state index contributed by atoms with van der Waals surface area (Å²) < 4.78 is 1.90. The van der Waals surface area contributed by atoms with Crippen LogP contribution in [0.1, 0.15) is 11.3 Å². The summed E-state index contributed by atoms with van der Waals surface area (Å²) >= 11 is 7.24. The summed E-state index contributed by atoms with van der Waals surface area (Å²) in [6, 6.07) is 13.5. The average Bonchev–Trinajstić information content (AvgIpc) is 2.90. The summed E-state index contributed by atoms with van der Waals surface area (Å²) in [6.45, 7) is 2.04. The third kappa shape index (κ3) is 3.21. The number of nitrogens with zero attached hydrogens (tertiary/aromatic N) is 5. The first-order valence-electron chi connectivity index (χ1n) is 6.79. The first-order chi connectivity index (χ1) is 11.1. The zero-order valence-electron chi connectivity index (χ0n) is 12.5. The molecule has 0 N–H and O–H groups in total. The Hall–Kier alpha value is -2.36. The monoisotopic (exact) mass is 341 g/mol. The van der Waals surface area contributed by atoms with Gasteiger partial charge in [0.05, 0.1) is 5.02 Å². The molecule has 0 spiro atoms. The minimum atomic E-state index is 0.206. The predicted octanol–water partition coefficient (Wildman–Crippen LogP) is 3.86. The van der Waals surface area contributed by atoms with Crippen molar-refractivity contribution in [1.29, 1.82) is 5.26 Å². The van der Waals surface area contributed by atoms with E-state index in [9.17, 15) is 0 Å². The zero-order valence-corrected chi connectivity index (χ0v) is 14.1. The quantitative estimate of drug-likeness (QED) is 0.723. The van der Waals surface area contributed by atoms with Gasteiger partial charge in [-0.2, -0.15) is 5.26 Å². The molecule has 0 aliphatic rings. The van der Waals surface area contributed by atoms with Crippen molar-refractivity contribution in [2.45, 2.75) is 17.1 Å². The van der Waals surface area contributed by atoms with Gasteiger partial charge in [0.15, 0.2) is 16.7 Å². The number of hydrogen-bond donors (Lipinski definition) is 0. The minimum Gasteiger partial charge on any atom is -0.305 e. The number of aromatic nitrogens is 4. The topological polar surface area (TPSA) is 67.4 Å². The Morgan fingerprint density at radius 2 is 2.04 bits per heavy atom. The van der Waals surface area contributed by atoms with Crippen molar-refractivity contribution in [3.8, 4) is 17.5 Å². The Labute approximate surface area is 143 Å². The van der Waals surface area contributed by atoms with Crippen LogP contribution in [0.25, 0.3) is 11.4 Å². The van der Waals surface area contributed by atoms with Crippen LogP contribution >= 0.6 is 23.4 Å². The summed E-state index contributed by atoms with van der Waals surface area (Å²) in [5, 5.41) is 19.2. The third-order valence-electron chi connectivity index (χ3n) is 3.23. The van der Waals surface area contributed by atoms with Gasteiger partial charge in [-0.25, -0.2) is 4.98 Å². The van der Waals surface area contributed by atoms with Crippen LogP contribution in [-0.2, 0) is 7.05 Å². The lowest BCUT2D eigenvalue weighted by Crippen LogP contribution is -1.95. The van der Waals surface area contributed by atoms with E-state index in [1.54, 1.807) is 12.1 Å². The maximum atomic E-state index is 9.00. The summed E-state index contributed by atoms with van der Waals surface area (Å²) in [5.41, 5.74) is 2.38. The van der Waals surface area contributed by atoms with Gasteiger partial charge in [-0.05, 0) is 36.9 Å². The fraction of sp³-hybridized carbons (Fsp3) is 0.125. The summed E-state index contributed by atoms with van der Waals surface area (Å²) in [4.78, 5) is 4.21. The molecule has 0 amide bonds. The van der Waals surface area contributed by atoms with Crippen molar-refractivity contribution in [2.75, 3.05) is 0 Å². The largest absolute Gasteiger partial charge is 0.305 e. The van der Waals surface area contributed by atoms with E-state index in [0.717, 1.165) is 17.0 Å². The van der Waals surface area contributed by atoms with Crippen LogP contribution in [0.2, 0.25) is 5.02 Å². The molecule has 0 radical (unpaired) electrons. The van der Waals surface area contributed by atoms with E-state index in [0.29, 0.717) is 15.2 Å². The fourth-order valence-corrected chi connectivity index (χ4v) is 3.00. The van der Waals surface area contributed by atoms with Gasteiger partial charge in [0.25, 0.3) is 0 Å². The maximum absolute atomic E-state index is 9.00. The molecule has 0 saturated carbocycles. The van der Waals surface area contributed by atoms with Crippen molar-refractivity contribution in [3.63, 3.8) is 0 Å². The minimum absolute atomic E-state index is 0.206. The predicted molar refractivity (Wildman–Crippen MR) is 89.3 cm³/mol. The number of hydrogen-bond acceptors (Lipinski definition) is 5. The van der Waals surface area contributed by atoms with E-state index in [1.807, 2.05) is 42.8 Å². The van der Waals surface area contributed by atoms with Gasteiger partial charge >= 0.3 is 0 Å². The van der Waals surface area contributed by atoms with Crippen molar-refractivity contribution in [1.82, 2.24) is 19.7 Å². The van der Waals surface area contributed by atoms with Crippen LogP contribution < -0.4 is 0 Å². The second-order valence-corrected chi connectivity index (χ2v) is 6.32. The Kier molecular flexibility index (Phi) is 4.33. The Morgan fingerprint density at radius 3 is 2.78 bits per heavy atom. The molecule has 2 aromatic heterocycles. The third-order valence-corrected chi connectivity index (χ3v) is 4.51. The first kappa shape index (κ1) is 15.5. The normalized spacial score (nSPS) is 10.5. The molecule has 5 nitrogen and oxygen atoms in total. The van der Waals surface area contributed by atoms with Crippen LogP contribution in [0.5, 0.6) is 0 Å². The molecular formula is C16H12ClN5S. The highest BCUT2D eigenvalue weighted by atomic mass is 35.5. The lowest BCUT2D eigenvalue weighted by Gasteiger charge is -2.05. The number of rotatable bonds is 3. The van der Waals surface area contributed by atoms with Crippen molar-refractivity contribution < 1.29 is 0 Å². The molecule has 3 rings (SSSR count). The van der Waals surface area contributed by atoms with Crippen LogP contribution in [0.15, 0.2) is 46.6 Å². The number of benzene rings is 1. The lowest BCUT2D eigenvalue weighted by molar-refractivity contribution is 0.792. The molecule has 114 valence electrons. The number of halogens is 1. The zero-order chi connectivity index (χ0) is 16.4. The SMILES string of the molecule is Cc1cccc(-c2nnc(Sc3ccc(Cl)c(C#N)n3)n2C)c1. The highest BCUT2D eigenvalue weighted by Crippen LogP contribution is 2.29. The van der Waals surface area contributed by atoms with E-state index < -0.39 is 0 Å². The Bertz CT molecular complexity index is 913. The molecule has 0 atom stereocenters. The van der Waals surface area contributed by atoms with Crippen LogP contribution in [0.4, 0.5) is 0 Å². The number of pyridine rings is 1. The Balaban J connectivity index is 1.93. The maximum Gasteiger partial charge on any atom is 0.197 e. The van der Waals surface area contributed by atoms with Gasteiger partial charge in [0.2, 0.25) is 0 Å². The van der Waals surface area contributed by atoms with Crippen molar-refractivity contribution >= 4 is 23.4 Å². The molecule has 0 aliphatic carbocycles. The Morgan fingerprint density at radius 1 is 1.22 bits per heavy atom. The molecule has 3 aromatic rings. The van der Waals surface area contributed by atoms with E-state index in [2.05, 4.69) is 21.2 Å². The van der Waals surface area contributed by atoms with E-state index in [1.165, 1.54) is 11.8 Å². The molecule has 7 heteroatoms. The van der Waals surface area contributed by atoms with Crippen molar-refractivity contribution in [3.05, 3.63) is 52.7 Å². The molecular weight excluding hydrogens is 330 g/mol. The highest BCUT2D eigenvalue weighted by molar-refractivity contribution is 7.99. The van der Waals surface area contributed by atoms with Crippen LogP contribution in [0, 0.1) is 18.3 Å². The van der Waals surface area contributed by atoms with E-state index in [4.69, 9.17) is 16.9 Å². The molecule has 1 aromatic carbocycles. The van der Waals surface area contributed by atoms with Gasteiger partial charge in [0.1, 0.15) is 11.1 Å². The van der Waals surface area contributed by atoms with Gasteiger partial charge in [0, 0.05) is 12.6 Å².